The second-order valence-electron chi connectivity index (χ2n) is 10.2. The summed E-state index contributed by atoms with van der Waals surface area (Å²) in [5, 5.41) is 3.82. The van der Waals surface area contributed by atoms with Crippen LogP contribution in [0.3, 0.4) is 0 Å². The Morgan fingerprint density at radius 3 is 2.75 bits per heavy atom. The van der Waals surface area contributed by atoms with Crippen molar-refractivity contribution < 1.29 is 27.4 Å². The molecule has 0 amide bonds. The van der Waals surface area contributed by atoms with Crippen LogP contribution in [0, 0.1) is 5.92 Å². The van der Waals surface area contributed by atoms with Crippen molar-refractivity contribution in [3.8, 4) is 17.1 Å². The maximum absolute atomic E-state index is 12.7. The summed E-state index contributed by atoms with van der Waals surface area (Å²) in [4.78, 5) is 15.6. The van der Waals surface area contributed by atoms with Gasteiger partial charge in [-0.1, -0.05) is 0 Å². The summed E-state index contributed by atoms with van der Waals surface area (Å²) in [5.74, 6) is 0.554. The van der Waals surface area contributed by atoms with E-state index in [9.17, 15) is 13.2 Å². The normalized spacial score (nSPS) is 23.2. The Labute approximate surface area is 206 Å². The van der Waals surface area contributed by atoms with Crippen molar-refractivity contribution in [1.82, 2.24) is 29.6 Å². The molecule has 3 aromatic heterocycles. The highest BCUT2D eigenvalue weighted by atomic mass is 19.4. The minimum absolute atomic E-state index is 0.0339. The number of hydrogen-bond donors (Lipinski definition) is 0. The van der Waals surface area contributed by atoms with Gasteiger partial charge in [0.05, 0.1) is 29.6 Å². The van der Waals surface area contributed by atoms with Crippen molar-refractivity contribution in [2.45, 2.75) is 64.5 Å². The number of ether oxygens (including phenoxy) is 3. The molecule has 3 atom stereocenters. The van der Waals surface area contributed by atoms with E-state index in [1.165, 1.54) is 12.4 Å². The highest BCUT2D eigenvalue weighted by Crippen LogP contribution is 2.34. The average Bonchev–Trinajstić information content (AvgIpc) is 3.40. The quantitative estimate of drug-likeness (QED) is 0.444. The Bertz CT molecular complexity index is 1210. The number of alkyl halides is 3. The Morgan fingerprint density at radius 2 is 1.97 bits per heavy atom. The number of rotatable bonds is 7. The third-order valence-electron chi connectivity index (χ3n) is 5.96. The Balaban J connectivity index is 1.28. The Kier molecular flexibility index (Phi) is 6.60. The predicted molar refractivity (Wildman–Crippen MR) is 124 cm³/mol. The first-order chi connectivity index (χ1) is 17.0. The molecule has 36 heavy (non-hydrogen) atoms. The van der Waals surface area contributed by atoms with Crippen molar-refractivity contribution in [3.63, 3.8) is 0 Å². The summed E-state index contributed by atoms with van der Waals surface area (Å²) < 4.78 is 56.9. The molecule has 2 aliphatic heterocycles. The Hall–Kier alpha value is -2.83. The number of pyridine rings is 1. The van der Waals surface area contributed by atoms with Crippen LogP contribution >= 0.6 is 0 Å². The lowest BCUT2D eigenvalue weighted by Crippen LogP contribution is -2.41. The van der Waals surface area contributed by atoms with Gasteiger partial charge in [0.25, 0.3) is 0 Å². The topological polar surface area (TPSA) is 90.7 Å². The molecule has 5 rings (SSSR count). The van der Waals surface area contributed by atoms with E-state index in [1.54, 1.807) is 18.5 Å². The van der Waals surface area contributed by atoms with Gasteiger partial charge in [0, 0.05) is 43.2 Å². The number of aromatic nitrogens is 5. The summed E-state index contributed by atoms with van der Waals surface area (Å²) in [7, 11) is 0. The number of halogens is 3. The average molecular weight is 507 g/mol. The number of likely N-dealkylation sites (tertiary alicyclic amines) is 1. The van der Waals surface area contributed by atoms with Crippen molar-refractivity contribution in [2.75, 3.05) is 19.7 Å². The van der Waals surface area contributed by atoms with Gasteiger partial charge in [-0.25, -0.2) is 9.97 Å². The lowest BCUT2D eigenvalue weighted by Gasteiger charge is -2.31. The molecule has 2 unspecified atom stereocenters. The van der Waals surface area contributed by atoms with E-state index in [0.717, 1.165) is 30.6 Å². The zero-order valence-electron chi connectivity index (χ0n) is 20.4. The molecule has 5 heterocycles. The standard InChI is InChI=1S/C24H29F3N6O3/c1-23(2,3)36-22-21(35-22)32-8-4-5-15(11-32)13-34-20-19-18(28-6-7-29-19)9-17(31-20)16-10-30-33(12-16)14-24(25,26)27/h6-7,9-10,12,15,21-22H,4-5,8,11,13-14H2,1-3H3/t15-,21?,22?/m0/s1. The molecule has 0 radical (unpaired) electrons. The molecule has 2 fully saturated rings. The molecule has 2 aliphatic rings. The van der Waals surface area contributed by atoms with Crippen LogP contribution in [0.15, 0.2) is 30.9 Å². The maximum Gasteiger partial charge on any atom is 0.408 e. The number of fused-ring (bicyclic) bond motifs is 1. The summed E-state index contributed by atoms with van der Waals surface area (Å²) in [6, 6.07) is 1.67. The van der Waals surface area contributed by atoms with Crippen LogP contribution in [0.4, 0.5) is 13.2 Å². The SMILES string of the molecule is CC(C)(C)OC1OC1N1CCC[C@H](COc2nc(-c3cnn(CC(F)(F)F)c3)cc3nccnc23)C1. The van der Waals surface area contributed by atoms with Gasteiger partial charge in [-0.15, -0.1) is 0 Å². The second kappa shape index (κ2) is 9.56. The molecule has 0 N–H and O–H groups in total. The molecule has 12 heteroatoms. The molecule has 0 spiro atoms. The largest absolute Gasteiger partial charge is 0.476 e. The fraction of sp³-hybridized carbons (Fsp3) is 0.583. The van der Waals surface area contributed by atoms with Crippen molar-refractivity contribution in [1.29, 1.82) is 0 Å². The summed E-state index contributed by atoms with van der Waals surface area (Å²) in [5.41, 5.74) is 1.64. The lowest BCUT2D eigenvalue weighted by atomic mass is 9.99. The number of hydrogen-bond acceptors (Lipinski definition) is 8. The molecule has 194 valence electrons. The van der Waals surface area contributed by atoms with Crippen LogP contribution in [0.25, 0.3) is 22.3 Å². The number of epoxide rings is 1. The third kappa shape index (κ3) is 6.11. The van der Waals surface area contributed by atoms with Gasteiger partial charge in [-0.2, -0.15) is 18.3 Å². The molecule has 0 bridgehead atoms. The Morgan fingerprint density at radius 1 is 1.17 bits per heavy atom. The van der Waals surface area contributed by atoms with Crippen LogP contribution in [0.2, 0.25) is 0 Å². The molecule has 0 aromatic carbocycles. The summed E-state index contributed by atoms with van der Waals surface area (Å²) in [6.45, 7) is 7.02. The van der Waals surface area contributed by atoms with Crippen molar-refractivity contribution >= 4 is 11.0 Å². The summed E-state index contributed by atoms with van der Waals surface area (Å²) >= 11 is 0. The molecule has 0 aliphatic carbocycles. The molecule has 0 saturated carbocycles. The molecule has 3 aromatic rings. The van der Waals surface area contributed by atoms with Gasteiger partial charge in [-0.3, -0.25) is 14.6 Å². The van der Waals surface area contributed by atoms with Crippen LogP contribution < -0.4 is 4.74 Å². The first-order valence-electron chi connectivity index (χ1n) is 12.0. The van der Waals surface area contributed by atoms with Crippen molar-refractivity contribution in [3.05, 3.63) is 30.9 Å². The number of nitrogens with zero attached hydrogens (tertiary/aromatic N) is 6. The first kappa shape index (κ1) is 24.8. The van der Waals surface area contributed by atoms with E-state index in [2.05, 4.69) is 25.0 Å². The van der Waals surface area contributed by atoms with Crippen LogP contribution in [0.5, 0.6) is 5.88 Å². The third-order valence-corrected chi connectivity index (χ3v) is 5.96. The molecule has 2 saturated heterocycles. The first-order valence-corrected chi connectivity index (χ1v) is 12.0. The van der Waals surface area contributed by atoms with Crippen LogP contribution in [0.1, 0.15) is 33.6 Å². The zero-order chi connectivity index (χ0) is 25.5. The highest BCUT2D eigenvalue weighted by Gasteiger charge is 2.48. The van der Waals surface area contributed by atoms with E-state index in [4.69, 9.17) is 14.2 Å². The van der Waals surface area contributed by atoms with Gasteiger partial charge in [0.1, 0.15) is 6.54 Å². The monoisotopic (exact) mass is 506 g/mol. The van der Waals surface area contributed by atoms with Gasteiger partial charge < -0.3 is 14.2 Å². The minimum atomic E-state index is -4.36. The fourth-order valence-electron chi connectivity index (χ4n) is 4.40. The van der Waals surface area contributed by atoms with E-state index < -0.39 is 12.7 Å². The molecular weight excluding hydrogens is 477 g/mol. The molecule has 9 nitrogen and oxygen atoms in total. The van der Waals surface area contributed by atoms with Crippen molar-refractivity contribution in [2.24, 2.45) is 5.92 Å². The number of piperidine rings is 1. The fourth-order valence-corrected chi connectivity index (χ4v) is 4.40. The lowest BCUT2D eigenvalue weighted by molar-refractivity contribution is -0.142. The maximum atomic E-state index is 12.7. The van der Waals surface area contributed by atoms with Gasteiger partial charge >= 0.3 is 6.18 Å². The van der Waals surface area contributed by atoms with E-state index in [-0.39, 0.29) is 24.0 Å². The molecular formula is C24H29F3N6O3. The van der Waals surface area contributed by atoms with Crippen LogP contribution in [-0.2, 0) is 16.0 Å². The minimum Gasteiger partial charge on any atom is -0.476 e. The zero-order valence-corrected chi connectivity index (χ0v) is 20.4. The van der Waals surface area contributed by atoms with Gasteiger partial charge in [0.2, 0.25) is 5.88 Å². The second-order valence-corrected chi connectivity index (χ2v) is 10.2. The van der Waals surface area contributed by atoms with E-state index in [0.29, 0.717) is 34.8 Å². The van der Waals surface area contributed by atoms with Gasteiger partial charge in [-0.05, 0) is 39.7 Å². The smallest absolute Gasteiger partial charge is 0.408 e. The van der Waals surface area contributed by atoms with E-state index in [1.807, 2.05) is 20.8 Å². The summed E-state index contributed by atoms with van der Waals surface area (Å²) in [6.07, 6.45) is 3.18. The van der Waals surface area contributed by atoms with Gasteiger partial charge in [0.15, 0.2) is 18.0 Å². The van der Waals surface area contributed by atoms with E-state index >= 15 is 0 Å². The predicted octanol–water partition coefficient (Wildman–Crippen LogP) is 4.04. The highest BCUT2D eigenvalue weighted by molar-refractivity contribution is 5.83. The van der Waals surface area contributed by atoms with Crippen LogP contribution in [-0.4, -0.2) is 73.6 Å².